The second-order valence-corrected chi connectivity index (χ2v) is 13.9. The number of hydrogen-bond donors (Lipinski definition) is 3. The Hall–Kier alpha value is -5.92. The number of hydrogen-bond acceptors (Lipinski definition) is 16. The van der Waals surface area contributed by atoms with Crippen molar-refractivity contribution in [3.63, 3.8) is 0 Å². The Morgan fingerprint density at radius 1 is 0.714 bits per heavy atom. The van der Waals surface area contributed by atoms with Crippen LogP contribution in [0.15, 0.2) is 122 Å². The molecule has 1 heterocycles. The molecule has 5 rings (SSSR count). The Kier molecular flexibility index (Phi) is 40.8. The molecule has 0 aliphatic carbocycles. The molecule has 1 aliphatic heterocycles. The van der Waals surface area contributed by atoms with Crippen LogP contribution in [-0.2, 0) is 75.5 Å². The van der Waals surface area contributed by atoms with Crippen molar-refractivity contribution in [1.82, 2.24) is 0 Å². The number of phenolic OH excluding ortho intramolecular Hbond substituents is 1. The van der Waals surface area contributed by atoms with Gasteiger partial charge in [-0.15, -0.1) is 0 Å². The first-order chi connectivity index (χ1) is 33.2. The molecule has 3 unspecified atom stereocenters. The number of unbranched alkanes of at least 4 members (excludes halogenated alkanes) is 2. The van der Waals surface area contributed by atoms with Gasteiger partial charge in [-0.25, -0.2) is 9.59 Å². The average Bonchev–Trinajstić information content (AvgIpc) is 3.55. The van der Waals surface area contributed by atoms with Crippen LogP contribution >= 0.6 is 0 Å². The van der Waals surface area contributed by atoms with Crippen LogP contribution in [0.1, 0.15) is 70.6 Å². The Balaban J connectivity index is 0. The van der Waals surface area contributed by atoms with Gasteiger partial charge in [-0.05, 0) is 123 Å². The number of esters is 2. The van der Waals surface area contributed by atoms with E-state index in [-0.39, 0.29) is 57.8 Å². The summed E-state index contributed by atoms with van der Waals surface area (Å²) in [6.45, 7) is 11.7. The third-order valence-corrected chi connectivity index (χ3v) is 8.65. The minimum absolute atomic E-state index is 0. The van der Waals surface area contributed by atoms with Crippen molar-refractivity contribution in [2.75, 3.05) is 61.0 Å². The van der Waals surface area contributed by atoms with Crippen LogP contribution < -0.4 is 9.47 Å². The zero-order valence-electron chi connectivity index (χ0n) is 40.5. The minimum Gasteiger partial charge on any atom is -0.508 e. The number of aldehydes is 3. The maximum atomic E-state index is 12.6. The monoisotopic (exact) mass is 1050 g/mol. The number of carbonyl (C=O) groups excluding carboxylic acids is 5. The first-order valence-corrected chi connectivity index (χ1v) is 21.5. The summed E-state index contributed by atoms with van der Waals surface area (Å²) in [5, 5.41) is 24.5. The first kappa shape index (κ1) is 66.2. The van der Waals surface area contributed by atoms with E-state index in [1.54, 1.807) is 69.9 Å². The largest absolute Gasteiger partial charge is 0.508 e. The summed E-state index contributed by atoms with van der Waals surface area (Å²) in [5.74, 6) is 0.141. The Morgan fingerprint density at radius 3 is 1.69 bits per heavy atom. The van der Waals surface area contributed by atoms with Gasteiger partial charge < -0.3 is 53.2 Å². The molecule has 0 amide bonds. The number of ether oxygens (including phenoxy) is 8. The van der Waals surface area contributed by atoms with Gasteiger partial charge in [0.05, 0.1) is 45.2 Å². The fourth-order valence-electron chi connectivity index (χ4n) is 4.96. The first-order valence-electron chi connectivity index (χ1n) is 21.5. The molecule has 70 heavy (non-hydrogen) atoms. The molecule has 17 nitrogen and oxygen atoms in total. The van der Waals surface area contributed by atoms with E-state index < -0.39 is 30.3 Å². The van der Waals surface area contributed by atoms with E-state index >= 15 is 0 Å². The van der Waals surface area contributed by atoms with Crippen LogP contribution in [-0.4, -0.2) is 132 Å². The number of carboxylic acid groups (broad SMARTS) is 1. The summed E-state index contributed by atoms with van der Waals surface area (Å²) >= 11 is 0. The smallest absolute Gasteiger partial charge is 0.338 e. The number of carboxylic acids is 1. The molecular weight excluding hydrogens is 985 g/mol. The van der Waals surface area contributed by atoms with Gasteiger partial charge in [-0.2, -0.15) is 0 Å². The number of allylic oxidation sites excluding steroid dienone is 1. The van der Waals surface area contributed by atoms with Crippen LogP contribution in [0.2, 0.25) is 0 Å². The molecule has 18 heteroatoms. The number of methoxy groups -OCH3 is 3. The Morgan fingerprint density at radius 2 is 1.21 bits per heavy atom. The number of carbonyl (C=O) groups is 6. The van der Waals surface area contributed by atoms with E-state index in [0.29, 0.717) is 55.6 Å². The third kappa shape index (κ3) is 32.8. The van der Waals surface area contributed by atoms with Gasteiger partial charge in [0, 0.05) is 84.3 Å². The number of aliphatic carboxylic acids is 1. The molecular formula is C52H66O17Y. The summed E-state index contributed by atoms with van der Waals surface area (Å²) in [5.41, 5.74) is 3.77. The van der Waals surface area contributed by atoms with E-state index in [2.05, 4.69) is 17.9 Å². The van der Waals surface area contributed by atoms with Crippen LogP contribution in [0.3, 0.4) is 0 Å². The predicted molar refractivity (Wildman–Crippen MR) is 259 cm³/mol. The van der Waals surface area contributed by atoms with Gasteiger partial charge in [0.2, 0.25) is 0 Å². The maximum Gasteiger partial charge on any atom is 0.338 e. The second-order valence-electron chi connectivity index (χ2n) is 13.9. The number of aromatic hydroxyl groups is 1. The molecule has 4 aromatic carbocycles. The number of aliphatic hydroxyl groups excluding tert-OH is 1. The fraction of sp³-hybridized carbons (Fsp3) is 0.346. The summed E-state index contributed by atoms with van der Waals surface area (Å²) in [4.78, 5) is 61.2. The topological polar surface area (TPSA) is 237 Å². The SMILES string of the molecule is C=CC(=O)OCCCCO.C=CC=O.CC(=O)O.COCCCCOc1ccc(-c2ccc(C(=O)OC3COC(OC)COC3C)cc2)cc1.COc1ccc(C=O)cc1.O=Cc1ccc(O)cc1.[Y]. The number of rotatable bonds is 19. The Labute approximate surface area is 435 Å². The van der Waals surface area contributed by atoms with Crippen LogP contribution in [0.5, 0.6) is 17.2 Å². The number of phenols is 1. The molecule has 379 valence electrons. The average molecular weight is 1050 g/mol. The molecule has 0 spiro atoms. The van der Waals surface area contributed by atoms with Gasteiger partial charge in [0.15, 0.2) is 12.4 Å². The molecule has 4 aromatic rings. The van der Waals surface area contributed by atoms with E-state index in [4.69, 9.17) is 58.1 Å². The molecule has 0 saturated carbocycles. The van der Waals surface area contributed by atoms with Crippen LogP contribution in [0.4, 0.5) is 0 Å². The zero-order valence-corrected chi connectivity index (χ0v) is 43.3. The van der Waals surface area contributed by atoms with Crippen molar-refractivity contribution in [3.8, 4) is 28.4 Å². The van der Waals surface area contributed by atoms with Crippen LogP contribution in [0.25, 0.3) is 11.1 Å². The van der Waals surface area contributed by atoms with Crippen molar-refractivity contribution in [1.29, 1.82) is 0 Å². The van der Waals surface area contributed by atoms with Gasteiger partial charge in [-0.1, -0.05) is 37.4 Å². The predicted octanol–water partition coefficient (Wildman–Crippen LogP) is 7.75. The van der Waals surface area contributed by atoms with Gasteiger partial charge in [-0.3, -0.25) is 19.2 Å². The maximum absolute atomic E-state index is 12.6. The molecule has 0 aromatic heterocycles. The van der Waals surface area contributed by atoms with E-state index in [0.717, 1.165) is 67.6 Å². The van der Waals surface area contributed by atoms with Gasteiger partial charge >= 0.3 is 11.9 Å². The van der Waals surface area contributed by atoms with E-state index in [9.17, 15) is 19.2 Å². The van der Waals surface area contributed by atoms with Crippen LogP contribution in [0, 0.1) is 0 Å². The van der Waals surface area contributed by atoms with Gasteiger partial charge in [0.25, 0.3) is 5.97 Å². The summed E-state index contributed by atoms with van der Waals surface area (Å²) in [7, 11) is 4.85. The normalized spacial score (nSPS) is 13.9. The van der Waals surface area contributed by atoms with Crippen molar-refractivity contribution in [2.24, 2.45) is 0 Å². The van der Waals surface area contributed by atoms with Crippen molar-refractivity contribution in [2.45, 2.75) is 58.0 Å². The van der Waals surface area contributed by atoms with Crippen molar-refractivity contribution < 1.29 is 115 Å². The summed E-state index contributed by atoms with van der Waals surface area (Å²) < 4.78 is 42.3. The fourth-order valence-corrected chi connectivity index (χ4v) is 4.96. The molecule has 0 bridgehead atoms. The molecule has 1 radical (unpaired) electrons. The summed E-state index contributed by atoms with van der Waals surface area (Å²) in [6.07, 6.45) is 6.59. The zero-order chi connectivity index (χ0) is 51.7. The molecule has 3 atom stereocenters. The van der Waals surface area contributed by atoms with E-state index in [1.165, 1.54) is 18.2 Å². The third-order valence-electron chi connectivity index (χ3n) is 8.65. The standard InChI is InChI=1S/C25H32O7.C8H8O2.C7H12O3.C7H6O2.C3H4O.C2H4O2.Y/c1-18-23(16-31-24(28-3)17-30-18)32-25(26)21-8-6-19(7-9-21)20-10-12-22(13-11-20)29-15-5-4-14-27-2;1-10-8-4-2-7(6-9)3-5-8;1-2-7(9)10-6-4-3-5-8;8-5-6-1-3-7(9)4-2-6;1-2-3-4;1-2(3)4;/h6-13,18,23-24H,4-5,14-17H2,1-3H3;2-6H,1H3;2,8H,1,3-6H2;1-5,9H;2-3H,1H2;1H3,(H,3,4);. The van der Waals surface area contributed by atoms with Gasteiger partial charge in [0.1, 0.15) is 36.1 Å². The van der Waals surface area contributed by atoms with Crippen molar-refractivity contribution in [3.05, 3.63) is 139 Å². The minimum atomic E-state index is -0.833. The molecule has 3 N–H and O–H groups in total. The Bertz CT molecular complexity index is 2010. The van der Waals surface area contributed by atoms with Crippen molar-refractivity contribution >= 4 is 36.8 Å². The molecule has 1 fully saturated rings. The number of benzene rings is 4. The number of aliphatic hydroxyl groups is 1. The molecule has 1 saturated heterocycles. The summed E-state index contributed by atoms with van der Waals surface area (Å²) in [6, 6.07) is 28.3. The molecule has 1 aliphatic rings. The van der Waals surface area contributed by atoms with E-state index in [1.807, 2.05) is 43.3 Å². The second kappa shape index (κ2) is 43.1. The quantitative estimate of drug-likeness (QED) is 0.0352.